The molecule has 0 spiro atoms. The zero-order valence-corrected chi connectivity index (χ0v) is 12.0. The number of hydrogen-bond donors (Lipinski definition) is 1. The summed E-state index contributed by atoms with van der Waals surface area (Å²) in [7, 11) is 0. The van der Waals surface area contributed by atoms with Crippen LogP contribution in [0.1, 0.15) is 38.7 Å². The monoisotopic (exact) mass is 278 g/mol. The van der Waals surface area contributed by atoms with E-state index < -0.39 is 4.92 Å². The number of para-hydroxylation sites is 1. The molecule has 1 fully saturated rings. The van der Waals surface area contributed by atoms with Crippen molar-refractivity contribution >= 4 is 11.4 Å². The van der Waals surface area contributed by atoms with Gasteiger partial charge in [0.05, 0.1) is 17.6 Å². The van der Waals surface area contributed by atoms with Gasteiger partial charge in [0.15, 0.2) is 0 Å². The second-order valence-electron chi connectivity index (χ2n) is 5.81. The number of hydrogen-bond acceptors (Lipinski definition) is 4. The molecule has 1 aliphatic rings. The first-order valence-electron chi connectivity index (χ1n) is 7.12. The number of nitrogens with two attached hydrogens (primary N) is 1. The molecule has 0 aliphatic heterocycles. The van der Waals surface area contributed by atoms with Gasteiger partial charge >= 0.3 is 0 Å². The molecule has 110 valence electrons. The lowest BCUT2D eigenvalue weighted by atomic mass is 9.80. The van der Waals surface area contributed by atoms with Crippen LogP contribution in [-0.4, -0.2) is 11.0 Å². The van der Waals surface area contributed by atoms with Crippen LogP contribution in [0.15, 0.2) is 18.2 Å². The fourth-order valence-corrected chi connectivity index (χ4v) is 2.74. The lowest BCUT2D eigenvalue weighted by Crippen LogP contribution is -2.26. The zero-order chi connectivity index (χ0) is 14.7. The predicted octanol–water partition coefficient (Wildman–Crippen LogP) is 3.52. The van der Waals surface area contributed by atoms with Gasteiger partial charge in [0, 0.05) is 11.6 Å². The Kier molecular flexibility index (Phi) is 4.60. The number of ether oxygens (including phenoxy) is 1. The normalized spacial score (nSPS) is 26.4. The summed E-state index contributed by atoms with van der Waals surface area (Å²) in [4.78, 5) is 10.4. The quantitative estimate of drug-likeness (QED) is 0.519. The Labute approximate surface area is 119 Å². The molecule has 2 N–H and O–H groups in total. The Hall–Kier alpha value is -1.62. The van der Waals surface area contributed by atoms with Gasteiger partial charge in [-0.1, -0.05) is 26.0 Å². The topological polar surface area (TPSA) is 78.4 Å². The van der Waals surface area contributed by atoms with Crippen LogP contribution in [-0.2, 0) is 11.3 Å². The van der Waals surface area contributed by atoms with E-state index >= 15 is 0 Å². The van der Waals surface area contributed by atoms with E-state index in [1.165, 1.54) is 12.5 Å². The van der Waals surface area contributed by atoms with E-state index in [9.17, 15) is 10.1 Å². The van der Waals surface area contributed by atoms with Gasteiger partial charge in [0.25, 0.3) is 5.69 Å². The third-order valence-electron chi connectivity index (χ3n) is 4.39. The fourth-order valence-electron chi connectivity index (χ4n) is 2.74. The largest absolute Gasteiger partial charge is 0.393 e. The minimum Gasteiger partial charge on any atom is -0.393 e. The third-order valence-corrected chi connectivity index (χ3v) is 4.39. The number of nitrogen functional groups attached to an aromatic ring is 1. The highest BCUT2D eigenvalue weighted by Gasteiger charge is 2.25. The average molecular weight is 278 g/mol. The minimum absolute atomic E-state index is 0.0447. The molecule has 0 bridgehead atoms. The van der Waals surface area contributed by atoms with Gasteiger partial charge in [0.2, 0.25) is 0 Å². The number of benzene rings is 1. The molecule has 1 saturated carbocycles. The van der Waals surface area contributed by atoms with Crippen LogP contribution in [0, 0.1) is 22.0 Å². The number of nitro benzene ring substituents is 1. The van der Waals surface area contributed by atoms with E-state index in [4.69, 9.17) is 10.5 Å². The van der Waals surface area contributed by atoms with Crippen molar-refractivity contribution in [3.8, 4) is 0 Å². The van der Waals surface area contributed by atoms with Crippen molar-refractivity contribution in [2.24, 2.45) is 11.8 Å². The summed E-state index contributed by atoms with van der Waals surface area (Å²) in [6.07, 6.45) is 3.52. The maximum absolute atomic E-state index is 10.8. The van der Waals surface area contributed by atoms with Crippen LogP contribution >= 0.6 is 0 Å². The van der Waals surface area contributed by atoms with Crippen molar-refractivity contribution in [3.63, 3.8) is 0 Å². The molecule has 1 aromatic carbocycles. The second kappa shape index (κ2) is 6.22. The van der Waals surface area contributed by atoms with Crippen molar-refractivity contribution in [1.82, 2.24) is 0 Å². The first-order valence-corrected chi connectivity index (χ1v) is 7.12. The first kappa shape index (κ1) is 14.8. The molecule has 5 nitrogen and oxygen atoms in total. The first-order chi connectivity index (χ1) is 9.49. The summed E-state index contributed by atoms with van der Waals surface area (Å²) in [5.41, 5.74) is 6.70. The van der Waals surface area contributed by atoms with Gasteiger partial charge in [-0.05, 0) is 31.1 Å². The molecule has 0 aromatic heterocycles. The summed E-state index contributed by atoms with van der Waals surface area (Å²) < 4.78 is 5.90. The van der Waals surface area contributed by atoms with E-state index in [0.29, 0.717) is 18.1 Å². The highest BCUT2D eigenvalue weighted by Crippen LogP contribution is 2.32. The third kappa shape index (κ3) is 3.28. The fraction of sp³-hybridized carbons (Fsp3) is 0.600. The maximum atomic E-state index is 10.8. The van der Waals surface area contributed by atoms with Crippen LogP contribution < -0.4 is 5.73 Å². The van der Waals surface area contributed by atoms with Gasteiger partial charge in [-0.2, -0.15) is 0 Å². The van der Waals surface area contributed by atoms with E-state index in [-0.39, 0.29) is 17.5 Å². The summed E-state index contributed by atoms with van der Waals surface area (Å²) in [5.74, 6) is 1.41. The zero-order valence-electron chi connectivity index (χ0n) is 12.0. The number of anilines is 1. The molecule has 0 amide bonds. The molecule has 0 heterocycles. The highest BCUT2D eigenvalue weighted by atomic mass is 16.6. The molecule has 1 aliphatic carbocycles. The molecule has 3 unspecified atom stereocenters. The molecule has 20 heavy (non-hydrogen) atoms. The van der Waals surface area contributed by atoms with Gasteiger partial charge in [-0.15, -0.1) is 0 Å². The highest BCUT2D eigenvalue weighted by molar-refractivity contribution is 5.62. The predicted molar refractivity (Wildman–Crippen MR) is 78.3 cm³/mol. The van der Waals surface area contributed by atoms with Crippen molar-refractivity contribution < 1.29 is 9.66 Å². The van der Waals surface area contributed by atoms with E-state index in [1.54, 1.807) is 12.1 Å². The van der Waals surface area contributed by atoms with E-state index in [1.807, 2.05) is 0 Å². The molecule has 2 rings (SSSR count). The van der Waals surface area contributed by atoms with Crippen molar-refractivity contribution in [1.29, 1.82) is 0 Å². The Morgan fingerprint density at radius 3 is 2.75 bits per heavy atom. The lowest BCUT2D eigenvalue weighted by Gasteiger charge is -2.32. The molecular formula is C15H22N2O3. The molecule has 0 radical (unpaired) electrons. The van der Waals surface area contributed by atoms with E-state index in [2.05, 4.69) is 13.8 Å². The lowest BCUT2D eigenvalue weighted by molar-refractivity contribution is -0.384. The SMILES string of the molecule is CC1CCC(OCc2cccc([N+](=O)[O-])c2N)CC1C. The standard InChI is InChI=1S/C15H22N2O3/c1-10-6-7-13(8-11(10)2)20-9-12-4-3-5-14(15(12)16)17(18)19/h3-5,10-11,13H,6-9,16H2,1-2H3. The Morgan fingerprint density at radius 2 is 2.10 bits per heavy atom. The smallest absolute Gasteiger partial charge is 0.292 e. The Morgan fingerprint density at radius 1 is 1.35 bits per heavy atom. The number of rotatable bonds is 4. The van der Waals surface area contributed by atoms with Crippen LogP contribution in [0.5, 0.6) is 0 Å². The van der Waals surface area contributed by atoms with Crippen molar-refractivity contribution in [2.45, 2.75) is 45.8 Å². The van der Waals surface area contributed by atoms with Gasteiger partial charge in [0.1, 0.15) is 5.69 Å². The summed E-state index contributed by atoms with van der Waals surface area (Å²) >= 11 is 0. The minimum atomic E-state index is -0.455. The van der Waals surface area contributed by atoms with Gasteiger partial charge < -0.3 is 10.5 Å². The van der Waals surface area contributed by atoms with E-state index in [0.717, 1.165) is 18.8 Å². The van der Waals surface area contributed by atoms with Crippen LogP contribution in [0.25, 0.3) is 0 Å². The van der Waals surface area contributed by atoms with Gasteiger partial charge in [-0.25, -0.2) is 0 Å². The number of nitrogens with zero attached hydrogens (tertiary/aromatic N) is 1. The Balaban J connectivity index is 1.98. The summed E-state index contributed by atoms with van der Waals surface area (Å²) in [5, 5.41) is 10.8. The summed E-state index contributed by atoms with van der Waals surface area (Å²) in [6.45, 7) is 4.88. The van der Waals surface area contributed by atoms with Gasteiger partial charge in [-0.3, -0.25) is 10.1 Å². The maximum Gasteiger partial charge on any atom is 0.292 e. The van der Waals surface area contributed by atoms with Crippen molar-refractivity contribution in [2.75, 3.05) is 5.73 Å². The average Bonchev–Trinajstić information content (AvgIpc) is 2.41. The second-order valence-corrected chi connectivity index (χ2v) is 5.81. The van der Waals surface area contributed by atoms with Crippen LogP contribution in [0.2, 0.25) is 0 Å². The van der Waals surface area contributed by atoms with Crippen LogP contribution in [0.4, 0.5) is 11.4 Å². The van der Waals surface area contributed by atoms with Crippen molar-refractivity contribution in [3.05, 3.63) is 33.9 Å². The molecular weight excluding hydrogens is 256 g/mol. The molecule has 1 aromatic rings. The molecule has 3 atom stereocenters. The molecule has 0 saturated heterocycles. The van der Waals surface area contributed by atoms with Crippen LogP contribution in [0.3, 0.4) is 0 Å². The number of nitro groups is 1. The Bertz CT molecular complexity index is 490. The summed E-state index contributed by atoms with van der Waals surface area (Å²) in [6, 6.07) is 4.86. The molecule has 5 heteroatoms.